The summed E-state index contributed by atoms with van der Waals surface area (Å²) >= 11 is 0. The van der Waals surface area contributed by atoms with Gasteiger partial charge in [0, 0.05) is 54.4 Å². The van der Waals surface area contributed by atoms with Gasteiger partial charge in [-0.2, -0.15) is 13.9 Å². The number of nitrogens with one attached hydrogen (secondary N) is 1. The fourth-order valence-corrected chi connectivity index (χ4v) is 7.10. The van der Waals surface area contributed by atoms with E-state index in [0.29, 0.717) is 40.3 Å². The third-order valence-corrected chi connectivity index (χ3v) is 9.93. The van der Waals surface area contributed by atoms with E-state index >= 15 is 0 Å². The van der Waals surface area contributed by atoms with Gasteiger partial charge in [-0.3, -0.25) is 14.5 Å². The molecule has 5 aromatic rings. The van der Waals surface area contributed by atoms with Crippen molar-refractivity contribution in [3.63, 3.8) is 0 Å². The van der Waals surface area contributed by atoms with Gasteiger partial charge in [0.05, 0.1) is 23.1 Å². The average molecular weight is 649 g/mol. The van der Waals surface area contributed by atoms with Crippen LogP contribution in [0.1, 0.15) is 67.8 Å². The molecular formula is C38H38F2N6O2. The van der Waals surface area contributed by atoms with E-state index in [1.807, 2.05) is 53.8 Å². The predicted octanol–water partition coefficient (Wildman–Crippen LogP) is 7.11. The van der Waals surface area contributed by atoms with E-state index in [9.17, 15) is 18.4 Å². The van der Waals surface area contributed by atoms with Crippen LogP contribution in [0.15, 0.2) is 79.0 Å². The second-order valence-corrected chi connectivity index (χ2v) is 12.7. The molecule has 0 saturated heterocycles. The van der Waals surface area contributed by atoms with Crippen LogP contribution in [-0.2, 0) is 33.0 Å². The smallest absolute Gasteiger partial charge is 0.333 e. The molecular weight excluding hydrogens is 610 g/mol. The Hall–Kier alpha value is -5.09. The van der Waals surface area contributed by atoms with Crippen LogP contribution in [0.3, 0.4) is 0 Å². The summed E-state index contributed by atoms with van der Waals surface area (Å²) in [7, 11) is 1.89. The highest BCUT2D eigenvalue weighted by Crippen LogP contribution is 2.37. The highest BCUT2D eigenvalue weighted by Gasteiger charge is 2.32. The first-order chi connectivity index (χ1) is 23.1. The Labute approximate surface area is 278 Å². The summed E-state index contributed by atoms with van der Waals surface area (Å²) in [6, 6.07) is 23.2. The number of anilines is 2. The van der Waals surface area contributed by atoms with Crippen molar-refractivity contribution in [2.75, 3.05) is 11.4 Å². The number of carbonyl (C=O) groups excluding carboxylic acids is 2. The maximum absolute atomic E-state index is 14.6. The number of carbonyl (C=O) groups is 2. The van der Waals surface area contributed by atoms with E-state index in [2.05, 4.69) is 35.5 Å². The van der Waals surface area contributed by atoms with Crippen molar-refractivity contribution < 1.29 is 18.4 Å². The monoisotopic (exact) mass is 648 g/mol. The van der Waals surface area contributed by atoms with Crippen LogP contribution < -0.4 is 10.2 Å². The quantitative estimate of drug-likeness (QED) is 0.213. The zero-order chi connectivity index (χ0) is 33.7. The Morgan fingerprint density at radius 1 is 0.917 bits per heavy atom. The molecule has 0 unspecified atom stereocenters. The maximum Gasteiger partial charge on any atom is 0.333 e. The average Bonchev–Trinajstić information content (AvgIpc) is 3.62. The zero-order valence-electron chi connectivity index (χ0n) is 27.5. The third-order valence-electron chi connectivity index (χ3n) is 9.93. The van der Waals surface area contributed by atoms with Crippen molar-refractivity contribution in [1.29, 1.82) is 0 Å². The van der Waals surface area contributed by atoms with Crippen molar-refractivity contribution in [2.45, 2.75) is 59.3 Å². The van der Waals surface area contributed by atoms with Crippen molar-refractivity contribution in [3.8, 4) is 11.3 Å². The Morgan fingerprint density at radius 2 is 1.65 bits per heavy atom. The maximum atomic E-state index is 14.6. The molecule has 1 N–H and O–H groups in total. The van der Waals surface area contributed by atoms with E-state index in [1.165, 1.54) is 29.1 Å². The summed E-state index contributed by atoms with van der Waals surface area (Å²) in [5, 5.41) is 7.32. The number of nitrogens with zero attached hydrogens (tertiary/aromatic N) is 5. The Balaban J connectivity index is 1.34. The number of para-hydroxylation sites is 1. The van der Waals surface area contributed by atoms with Crippen molar-refractivity contribution >= 4 is 23.2 Å². The summed E-state index contributed by atoms with van der Waals surface area (Å²) in [6.45, 7) is 4.69. The lowest BCUT2D eigenvalue weighted by Crippen LogP contribution is -2.43. The minimum atomic E-state index is -2.84. The van der Waals surface area contributed by atoms with Crippen LogP contribution >= 0.6 is 0 Å². The van der Waals surface area contributed by atoms with E-state index in [1.54, 1.807) is 24.3 Å². The first-order valence-corrected chi connectivity index (χ1v) is 16.3. The molecule has 0 spiro atoms. The summed E-state index contributed by atoms with van der Waals surface area (Å²) in [6.07, 6.45) is 2.91. The molecule has 2 amide bonds. The van der Waals surface area contributed by atoms with E-state index in [-0.39, 0.29) is 29.2 Å². The third kappa shape index (κ3) is 5.39. The SMILES string of the molecule is Cc1c(N(C(=O)c2cc(-c3cc4c(cc3C(=O)N3Cc5ccccc5C[C@H]3C)CNCC4)n(C)c2C)c2ccccc2)cnn1C(F)F. The van der Waals surface area contributed by atoms with Crippen LogP contribution in [0, 0.1) is 13.8 Å². The second kappa shape index (κ2) is 12.5. The molecule has 2 aromatic heterocycles. The van der Waals surface area contributed by atoms with E-state index in [4.69, 9.17) is 0 Å². The summed E-state index contributed by atoms with van der Waals surface area (Å²) in [5.41, 5.74) is 8.85. The van der Waals surface area contributed by atoms with Gasteiger partial charge in [-0.25, -0.2) is 4.68 Å². The fraction of sp³-hybridized carbons (Fsp3) is 0.289. The lowest BCUT2D eigenvalue weighted by Gasteiger charge is -2.35. The highest BCUT2D eigenvalue weighted by molar-refractivity contribution is 6.13. The van der Waals surface area contributed by atoms with Gasteiger partial charge in [-0.15, -0.1) is 0 Å². The van der Waals surface area contributed by atoms with Crippen LogP contribution in [-0.4, -0.2) is 43.6 Å². The topological polar surface area (TPSA) is 75.4 Å². The lowest BCUT2D eigenvalue weighted by atomic mass is 9.90. The van der Waals surface area contributed by atoms with E-state index in [0.717, 1.165) is 41.8 Å². The molecule has 0 radical (unpaired) electrons. The number of aromatic nitrogens is 3. The molecule has 48 heavy (non-hydrogen) atoms. The standard InChI is InChI=1S/C38H38F2N6O2/c1-23-16-26-10-8-9-11-28(26)22-44(23)36(47)33-18-29-20-41-15-14-27(29)17-32(33)34-19-31(24(2)43(34)4)37(48)45(30-12-6-5-7-13-30)35-21-42-46(25(35)3)38(39)40/h5-13,17-19,21,23,38,41H,14-16,20,22H2,1-4H3/t23-/m1/s1. The number of amides is 2. The van der Waals surface area contributed by atoms with Crippen molar-refractivity contribution in [1.82, 2.24) is 24.6 Å². The molecule has 0 saturated carbocycles. The molecule has 0 fully saturated rings. The largest absolute Gasteiger partial charge is 0.347 e. The van der Waals surface area contributed by atoms with Gasteiger partial charge in [-0.1, -0.05) is 42.5 Å². The summed E-state index contributed by atoms with van der Waals surface area (Å²) < 4.78 is 30.1. The van der Waals surface area contributed by atoms with Crippen LogP contribution in [0.4, 0.5) is 20.2 Å². The van der Waals surface area contributed by atoms with Gasteiger partial charge < -0.3 is 14.8 Å². The molecule has 2 aliphatic rings. The molecule has 7 rings (SSSR count). The number of fused-ring (bicyclic) bond motifs is 2. The molecule has 0 bridgehead atoms. The first kappa shape index (κ1) is 31.5. The van der Waals surface area contributed by atoms with Gasteiger partial charge in [0.2, 0.25) is 0 Å². The Morgan fingerprint density at radius 3 is 2.38 bits per heavy atom. The number of halogens is 2. The fourth-order valence-electron chi connectivity index (χ4n) is 7.10. The lowest BCUT2D eigenvalue weighted by molar-refractivity contribution is 0.0544. The second-order valence-electron chi connectivity index (χ2n) is 12.7. The number of alkyl halides is 2. The number of benzene rings is 3. The zero-order valence-corrected chi connectivity index (χ0v) is 27.5. The van der Waals surface area contributed by atoms with Gasteiger partial charge in [0.25, 0.3) is 11.8 Å². The molecule has 2 aliphatic heterocycles. The number of rotatable bonds is 6. The van der Waals surface area contributed by atoms with Gasteiger partial charge in [-0.05, 0) is 92.7 Å². The van der Waals surface area contributed by atoms with Crippen LogP contribution in [0.25, 0.3) is 11.3 Å². The molecule has 1 atom stereocenters. The molecule has 8 nitrogen and oxygen atoms in total. The van der Waals surface area contributed by atoms with Crippen molar-refractivity contribution in [2.24, 2.45) is 7.05 Å². The van der Waals surface area contributed by atoms with Crippen LogP contribution in [0.5, 0.6) is 0 Å². The summed E-state index contributed by atoms with van der Waals surface area (Å²) in [5.74, 6) is -0.429. The molecule has 246 valence electrons. The van der Waals surface area contributed by atoms with Gasteiger partial charge >= 0.3 is 6.55 Å². The molecule has 4 heterocycles. The first-order valence-electron chi connectivity index (χ1n) is 16.3. The normalized spacial score (nSPS) is 15.7. The Kier molecular flexibility index (Phi) is 8.20. The minimum absolute atomic E-state index is 0.0125. The summed E-state index contributed by atoms with van der Waals surface area (Å²) in [4.78, 5) is 32.5. The number of hydrogen-bond acceptors (Lipinski definition) is 4. The van der Waals surface area contributed by atoms with Gasteiger partial charge in [0.15, 0.2) is 0 Å². The highest BCUT2D eigenvalue weighted by atomic mass is 19.3. The van der Waals surface area contributed by atoms with Gasteiger partial charge in [0.1, 0.15) is 0 Å². The number of hydrogen-bond donors (Lipinski definition) is 1. The minimum Gasteiger partial charge on any atom is -0.347 e. The predicted molar refractivity (Wildman–Crippen MR) is 182 cm³/mol. The van der Waals surface area contributed by atoms with Crippen molar-refractivity contribution in [3.05, 3.63) is 124 Å². The molecule has 0 aliphatic carbocycles. The Bertz CT molecular complexity index is 2030. The van der Waals surface area contributed by atoms with Crippen LogP contribution in [0.2, 0.25) is 0 Å². The molecule has 10 heteroatoms. The molecule has 3 aromatic carbocycles. The van der Waals surface area contributed by atoms with E-state index < -0.39 is 6.55 Å².